The Morgan fingerprint density at radius 2 is 1.95 bits per heavy atom. The average Bonchev–Trinajstić information content (AvgIpc) is 2.96. The summed E-state index contributed by atoms with van der Waals surface area (Å²) in [6, 6.07) is 0. The van der Waals surface area contributed by atoms with Gasteiger partial charge in [-0.05, 0) is 44.4 Å². The molecule has 0 N–H and O–H groups in total. The molecule has 0 bridgehead atoms. The molecule has 2 atom stereocenters. The minimum Gasteiger partial charge on any atom is -0.434 e. The number of nitrogens with zero attached hydrogens (tertiary/aromatic N) is 1. The van der Waals surface area contributed by atoms with Crippen LogP contribution in [-0.4, -0.2) is 4.98 Å². The molecule has 98 valence electrons. The van der Waals surface area contributed by atoms with Crippen LogP contribution in [-0.2, 0) is 0 Å². The van der Waals surface area contributed by atoms with Crippen LogP contribution in [0.5, 0.6) is 0 Å². The molecule has 1 heterocycles. The number of oxazole rings is 1. The number of hydrogen-bond acceptors (Lipinski definition) is 2. The maximum Gasteiger partial charge on any atom is 0.273 e. The molecule has 0 saturated carbocycles. The number of rotatable bonds is 1. The lowest BCUT2D eigenvalue weighted by atomic mass is 9.94. The minimum atomic E-state index is 0.374. The summed E-state index contributed by atoms with van der Waals surface area (Å²) in [5, 5.41) is 0. The van der Waals surface area contributed by atoms with Crippen LogP contribution in [0, 0.1) is 17.8 Å². The summed E-state index contributed by atoms with van der Waals surface area (Å²) >= 11 is 0. The molecule has 1 aromatic rings. The molecule has 0 fully saturated rings. The highest BCUT2D eigenvalue weighted by Crippen LogP contribution is 2.27. The zero-order valence-corrected chi connectivity index (χ0v) is 11.1. The first-order valence-corrected chi connectivity index (χ1v) is 7.22. The number of allylic oxidation sites excluding steroid dienone is 4. The molecule has 2 unspecified atom stereocenters. The molecule has 1 aromatic heterocycles. The van der Waals surface area contributed by atoms with Crippen molar-refractivity contribution in [2.45, 2.75) is 44.4 Å². The van der Waals surface area contributed by atoms with Gasteiger partial charge in [0.2, 0.25) is 0 Å². The lowest BCUT2D eigenvalue weighted by Gasteiger charge is -2.12. The molecule has 2 nitrogen and oxygen atoms in total. The van der Waals surface area contributed by atoms with E-state index in [1.807, 2.05) is 6.20 Å². The lowest BCUT2D eigenvalue weighted by molar-refractivity contribution is 0.456. The molecule has 3 rings (SSSR count). The van der Waals surface area contributed by atoms with Gasteiger partial charge in [0.25, 0.3) is 5.89 Å². The molecule has 0 aromatic carbocycles. The summed E-state index contributed by atoms with van der Waals surface area (Å²) in [5.41, 5.74) is 0. The van der Waals surface area contributed by atoms with Crippen molar-refractivity contribution < 1.29 is 4.42 Å². The van der Waals surface area contributed by atoms with E-state index in [1.165, 1.54) is 25.7 Å². The van der Waals surface area contributed by atoms with Crippen LogP contribution >= 0.6 is 0 Å². The fourth-order valence-corrected chi connectivity index (χ4v) is 2.65. The van der Waals surface area contributed by atoms with Crippen LogP contribution in [0.25, 0.3) is 0 Å². The van der Waals surface area contributed by atoms with Gasteiger partial charge in [0.1, 0.15) is 5.76 Å². The van der Waals surface area contributed by atoms with Gasteiger partial charge >= 0.3 is 0 Å². The van der Waals surface area contributed by atoms with Gasteiger partial charge in [-0.3, -0.25) is 0 Å². The number of hydrogen-bond donors (Lipinski definition) is 0. The first-order valence-electron chi connectivity index (χ1n) is 7.22. The molecule has 2 heteroatoms. The Balaban J connectivity index is 1.69. The van der Waals surface area contributed by atoms with Crippen molar-refractivity contribution in [3.63, 3.8) is 0 Å². The first-order chi connectivity index (χ1) is 9.42. The molecule has 2 aliphatic rings. The van der Waals surface area contributed by atoms with Gasteiger partial charge < -0.3 is 4.42 Å². The van der Waals surface area contributed by atoms with Crippen LogP contribution in [0.4, 0.5) is 0 Å². The molecular formula is C17H19NO. The van der Waals surface area contributed by atoms with Gasteiger partial charge in [-0.1, -0.05) is 30.2 Å². The van der Waals surface area contributed by atoms with Gasteiger partial charge in [-0.15, -0.1) is 0 Å². The van der Waals surface area contributed by atoms with Crippen LogP contribution in [0.3, 0.4) is 0 Å². The molecule has 2 aliphatic carbocycles. The zero-order valence-electron chi connectivity index (χ0n) is 11.1. The molecule has 19 heavy (non-hydrogen) atoms. The largest absolute Gasteiger partial charge is 0.434 e. The highest BCUT2D eigenvalue weighted by Gasteiger charge is 2.15. The predicted octanol–water partition coefficient (Wildman–Crippen LogP) is 4.21. The highest BCUT2D eigenvalue weighted by atomic mass is 16.4. The molecule has 0 radical (unpaired) electrons. The smallest absolute Gasteiger partial charge is 0.273 e. The number of aromatic nitrogens is 1. The second-order valence-corrected chi connectivity index (χ2v) is 5.27. The quantitative estimate of drug-likeness (QED) is 0.553. The zero-order chi connectivity index (χ0) is 12.9. The minimum absolute atomic E-state index is 0.374. The van der Waals surface area contributed by atoms with Crippen molar-refractivity contribution in [2.75, 3.05) is 0 Å². The van der Waals surface area contributed by atoms with E-state index < -0.39 is 0 Å². The fraction of sp³-hybridized carbons (Fsp3) is 0.471. The Hall–Kier alpha value is -1.75. The van der Waals surface area contributed by atoms with Crippen LogP contribution in [0.1, 0.15) is 56.1 Å². The van der Waals surface area contributed by atoms with Crippen molar-refractivity contribution in [1.82, 2.24) is 4.98 Å². The molecular weight excluding hydrogens is 234 g/mol. The third-order valence-electron chi connectivity index (χ3n) is 3.76. The standard InChI is InChI=1S/C17H19NO/c1-3-7-14(8-4-1)11-12-17-18-13-16(19-17)15-9-5-2-6-10-15/h3,5,7,9,13-15H,1-2,4,6,8,10H2. The predicted molar refractivity (Wildman–Crippen MR) is 75.6 cm³/mol. The Morgan fingerprint density at radius 1 is 1.11 bits per heavy atom. The molecule has 0 amide bonds. The SMILES string of the molecule is C(#CC1C=CCCC1)c1ncc(C2C=CCCC2)o1. The van der Waals surface area contributed by atoms with E-state index in [9.17, 15) is 0 Å². The Morgan fingerprint density at radius 3 is 2.68 bits per heavy atom. The highest BCUT2D eigenvalue weighted by molar-refractivity contribution is 5.24. The van der Waals surface area contributed by atoms with Gasteiger partial charge in [-0.2, -0.15) is 0 Å². The van der Waals surface area contributed by atoms with E-state index in [-0.39, 0.29) is 0 Å². The van der Waals surface area contributed by atoms with E-state index in [0.717, 1.165) is 18.6 Å². The van der Waals surface area contributed by atoms with Crippen molar-refractivity contribution >= 4 is 0 Å². The molecule has 0 aliphatic heterocycles. The Labute approximate surface area is 114 Å². The monoisotopic (exact) mass is 253 g/mol. The van der Waals surface area contributed by atoms with E-state index in [2.05, 4.69) is 41.1 Å². The van der Waals surface area contributed by atoms with Crippen LogP contribution in [0.15, 0.2) is 34.9 Å². The molecule has 0 saturated heterocycles. The third-order valence-corrected chi connectivity index (χ3v) is 3.76. The Kier molecular flexibility index (Phi) is 3.83. The topological polar surface area (TPSA) is 26.0 Å². The summed E-state index contributed by atoms with van der Waals surface area (Å²) in [6.07, 6.45) is 17.9. The lowest BCUT2D eigenvalue weighted by Crippen LogP contribution is -1.97. The van der Waals surface area contributed by atoms with Crippen molar-refractivity contribution in [3.05, 3.63) is 42.2 Å². The summed E-state index contributed by atoms with van der Waals surface area (Å²) in [7, 11) is 0. The van der Waals surface area contributed by atoms with Crippen LogP contribution < -0.4 is 0 Å². The van der Waals surface area contributed by atoms with Crippen molar-refractivity contribution in [1.29, 1.82) is 0 Å². The summed E-state index contributed by atoms with van der Waals surface area (Å²) < 4.78 is 5.75. The van der Waals surface area contributed by atoms with E-state index in [4.69, 9.17) is 4.42 Å². The van der Waals surface area contributed by atoms with Gasteiger partial charge in [0.15, 0.2) is 0 Å². The van der Waals surface area contributed by atoms with Gasteiger partial charge in [0.05, 0.1) is 6.20 Å². The molecule has 0 spiro atoms. The van der Waals surface area contributed by atoms with E-state index >= 15 is 0 Å². The van der Waals surface area contributed by atoms with Crippen molar-refractivity contribution in [3.8, 4) is 11.8 Å². The average molecular weight is 253 g/mol. The summed E-state index contributed by atoms with van der Waals surface area (Å²) in [5.74, 6) is 8.60. The second kappa shape index (κ2) is 5.93. The summed E-state index contributed by atoms with van der Waals surface area (Å²) in [4.78, 5) is 4.28. The summed E-state index contributed by atoms with van der Waals surface area (Å²) in [6.45, 7) is 0. The maximum absolute atomic E-state index is 5.75. The van der Waals surface area contributed by atoms with E-state index in [0.29, 0.717) is 17.7 Å². The first kappa shape index (κ1) is 12.3. The van der Waals surface area contributed by atoms with Crippen molar-refractivity contribution in [2.24, 2.45) is 5.92 Å². The maximum atomic E-state index is 5.75. The van der Waals surface area contributed by atoms with Gasteiger partial charge in [0, 0.05) is 11.8 Å². The third kappa shape index (κ3) is 3.17. The van der Waals surface area contributed by atoms with Crippen LogP contribution in [0.2, 0.25) is 0 Å². The fourth-order valence-electron chi connectivity index (χ4n) is 2.65. The van der Waals surface area contributed by atoms with E-state index in [1.54, 1.807) is 0 Å². The van der Waals surface area contributed by atoms with Gasteiger partial charge in [-0.25, -0.2) is 4.98 Å². The normalized spacial score (nSPS) is 25.9. The second-order valence-electron chi connectivity index (χ2n) is 5.27. The Bertz CT molecular complexity index is 541.